The second kappa shape index (κ2) is 5.39. The lowest BCUT2D eigenvalue weighted by Crippen LogP contribution is -2.52. The van der Waals surface area contributed by atoms with Crippen molar-refractivity contribution in [2.45, 2.75) is 59.0 Å². The van der Waals surface area contributed by atoms with Crippen molar-refractivity contribution in [3.8, 4) is 0 Å². The average molecular weight is 342 g/mol. The number of hydrogen-bond donors (Lipinski definition) is 0. The van der Waals surface area contributed by atoms with Crippen LogP contribution in [-0.2, 0) is 19.1 Å². The van der Waals surface area contributed by atoms with Crippen molar-refractivity contribution in [3.05, 3.63) is 23.8 Å². The van der Waals surface area contributed by atoms with Crippen molar-refractivity contribution in [1.82, 2.24) is 0 Å². The van der Waals surface area contributed by atoms with Gasteiger partial charge >= 0.3 is 5.97 Å². The molecule has 0 saturated heterocycles. The standard InChI is InChI=1S/C21H26O4/c1-12(22)25-14-6-8-20(2)13(10-14)11-17(23)19-15-4-5-18(24)21(15,3)9-7-16(19)20/h6,8,11,14-16,19H,4-5,7,9-10H2,1-3H3/t14?,15-,16+,19-,20-,21-/m0/s1. The largest absolute Gasteiger partial charge is 0.458 e. The van der Waals surface area contributed by atoms with Gasteiger partial charge in [0, 0.05) is 36.5 Å². The van der Waals surface area contributed by atoms with Crippen LogP contribution in [0.5, 0.6) is 0 Å². The third kappa shape index (κ3) is 2.29. The molecule has 0 aromatic heterocycles. The van der Waals surface area contributed by atoms with E-state index in [1.54, 1.807) is 6.08 Å². The molecule has 4 heteroatoms. The maximum absolute atomic E-state index is 13.0. The highest BCUT2D eigenvalue weighted by atomic mass is 16.5. The smallest absolute Gasteiger partial charge is 0.303 e. The van der Waals surface area contributed by atoms with Crippen LogP contribution in [0.3, 0.4) is 0 Å². The molecule has 4 nitrogen and oxygen atoms in total. The summed E-state index contributed by atoms with van der Waals surface area (Å²) in [6.07, 6.45) is 9.52. The van der Waals surface area contributed by atoms with Gasteiger partial charge in [0.05, 0.1) is 0 Å². The molecule has 2 fully saturated rings. The molecule has 0 N–H and O–H groups in total. The van der Waals surface area contributed by atoms with Crippen molar-refractivity contribution in [3.63, 3.8) is 0 Å². The molecule has 0 amide bonds. The first-order chi connectivity index (χ1) is 11.8. The Hall–Kier alpha value is -1.71. The quantitative estimate of drug-likeness (QED) is 0.541. The number of esters is 1. The van der Waals surface area contributed by atoms with Gasteiger partial charge in [-0.05, 0) is 43.3 Å². The van der Waals surface area contributed by atoms with E-state index in [1.807, 2.05) is 6.08 Å². The zero-order valence-electron chi connectivity index (χ0n) is 15.2. The minimum absolute atomic E-state index is 0.0473. The number of fused-ring (bicyclic) bond motifs is 5. The van der Waals surface area contributed by atoms with Gasteiger partial charge in [0.1, 0.15) is 11.9 Å². The molecule has 0 heterocycles. The van der Waals surface area contributed by atoms with Gasteiger partial charge in [0.15, 0.2) is 5.78 Å². The lowest BCUT2D eigenvalue weighted by Gasteiger charge is -2.54. The second-order valence-electron chi connectivity index (χ2n) is 8.72. The zero-order valence-corrected chi connectivity index (χ0v) is 15.2. The minimum Gasteiger partial charge on any atom is -0.458 e. The molecule has 6 atom stereocenters. The van der Waals surface area contributed by atoms with E-state index in [0.29, 0.717) is 18.6 Å². The molecule has 25 heavy (non-hydrogen) atoms. The highest BCUT2D eigenvalue weighted by molar-refractivity contribution is 5.97. The first-order valence-electron chi connectivity index (χ1n) is 9.40. The molecule has 2 saturated carbocycles. The molecule has 0 spiro atoms. The molecule has 4 aliphatic rings. The van der Waals surface area contributed by atoms with Gasteiger partial charge in [-0.3, -0.25) is 14.4 Å². The van der Waals surface area contributed by atoms with Crippen LogP contribution in [0.15, 0.2) is 23.8 Å². The van der Waals surface area contributed by atoms with Gasteiger partial charge in [-0.15, -0.1) is 0 Å². The molecule has 0 aromatic rings. The molecule has 0 aliphatic heterocycles. The van der Waals surface area contributed by atoms with Gasteiger partial charge < -0.3 is 4.74 Å². The van der Waals surface area contributed by atoms with E-state index >= 15 is 0 Å². The van der Waals surface area contributed by atoms with Gasteiger partial charge in [-0.1, -0.05) is 25.5 Å². The summed E-state index contributed by atoms with van der Waals surface area (Å²) in [5.41, 5.74) is 0.611. The summed E-state index contributed by atoms with van der Waals surface area (Å²) in [6, 6.07) is 0. The molecule has 4 rings (SSSR count). The maximum Gasteiger partial charge on any atom is 0.303 e. The van der Waals surface area contributed by atoms with Crippen molar-refractivity contribution in [1.29, 1.82) is 0 Å². The van der Waals surface area contributed by atoms with E-state index in [1.165, 1.54) is 6.92 Å². The summed E-state index contributed by atoms with van der Waals surface area (Å²) in [6.45, 7) is 5.70. The predicted octanol–water partition coefficient (Wildman–Crippen LogP) is 3.41. The predicted molar refractivity (Wildman–Crippen MR) is 92.6 cm³/mol. The number of carbonyl (C=O) groups excluding carboxylic acids is 3. The molecule has 0 bridgehead atoms. The Labute approximate surface area is 148 Å². The lowest BCUT2D eigenvalue weighted by atomic mass is 9.49. The number of ether oxygens (including phenoxy) is 1. The molecule has 4 aliphatic carbocycles. The van der Waals surface area contributed by atoms with E-state index in [4.69, 9.17) is 4.74 Å². The van der Waals surface area contributed by atoms with Crippen LogP contribution in [0.4, 0.5) is 0 Å². The molecule has 0 radical (unpaired) electrons. The summed E-state index contributed by atoms with van der Waals surface area (Å²) in [5, 5.41) is 0. The van der Waals surface area contributed by atoms with Crippen LogP contribution in [-0.4, -0.2) is 23.6 Å². The molecule has 1 unspecified atom stereocenters. The van der Waals surface area contributed by atoms with Crippen molar-refractivity contribution >= 4 is 17.5 Å². The fourth-order valence-electron chi connectivity index (χ4n) is 6.04. The number of Topliss-reactive ketones (excluding diaryl/α,β-unsaturated/α-hetero) is 1. The topological polar surface area (TPSA) is 60.4 Å². The van der Waals surface area contributed by atoms with Crippen LogP contribution < -0.4 is 0 Å². The fraction of sp³-hybridized carbons (Fsp3) is 0.667. The van der Waals surface area contributed by atoms with Crippen LogP contribution >= 0.6 is 0 Å². The van der Waals surface area contributed by atoms with E-state index in [-0.39, 0.29) is 46.4 Å². The Kier molecular flexibility index (Phi) is 3.61. The molecule has 134 valence electrons. The van der Waals surface area contributed by atoms with E-state index in [0.717, 1.165) is 24.8 Å². The molecular weight excluding hydrogens is 316 g/mol. The molecular formula is C21H26O4. The van der Waals surface area contributed by atoms with Crippen molar-refractivity contribution in [2.75, 3.05) is 0 Å². The first-order valence-corrected chi connectivity index (χ1v) is 9.40. The van der Waals surface area contributed by atoms with E-state index in [9.17, 15) is 14.4 Å². The third-order valence-corrected chi connectivity index (χ3v) is 7.48. The van der Waals surface area contributed by atoms with E-state index < -0.39 is 0 Å². The normalized spacial score (nSPS) is 45.3. The Bertz CT molecular complexity index is 717. The van der Waals surface area contributed by atoms with Crippen LogP contribution in [0.25, 0.3) is 0 Å². The second-order valence-corrected chi connectivity index (χ2v) is 8.72. The van der Waals surface area contributed by atoms with Crippen molar-refractivity contribution in [2.24, 2.45) is 28.6 Å². The van der Waals surface area contributed by atoms with Gasteiger partial charge in [0.25, 0.3) is 0 Å². The summed E-state index contributed by atoms with van der Waals surface area (Å²) in [4.78, 5) is 36.7. The SMILES string of the molecule is CC(=O)OC1C=C[C@@]2(C)C(=CC(=O)[C@@H]3[C@H]2CC[C@]2(C)C(=O)CC[C@@H]32)C1. The maximum atomic E-state index is 13.0. The number of allylic oxidation sites excluding steroid dienone is 2. The highest BCUT2D eigenvalue weighted by Gasteiger charge is 2.60. The molecule has 0 aromatic carbocycles. The number of carbonyl (C=O) groups is 3. The lowest BCUT2D eigenvalue weighted by molar-refractivity contribution is -0.144. The number of rotatable bonds is 1. The summed E-state index contributed by atoms with van der Waals surface area (Å²) >= 11 is 0. The number of hydrogen-bond acceptors (Lipinski definition) is 4. The van der Waals surface area contributed by atoms with Gasteiger partial charge in [-0.2, -0.15) is 0 Å². The Balaban J connectivity index is 1.70. The summed E-state index contributed by atoms with van der Waals surface area (Å²) in [7, 11) is 0. The average Bonchev–Trinajstić information content (AvgIpc) is 2.84. The van der Waals surface area contributed by atoms with E-state index in [2.05, 4.69) is 19.9 Å². The van der Waals surface area contributed by atoms with Crippen LogP contribution in [0.1, 0.15) is 52.9 Å². The van der Waals surface area contributed by atoms with Crippen LogP contribution in [0.2, 0.25) is 0 Å². The Morgan fingerprint density at radius 3 is 2.68 bits per heavy atom. The summed E-state index contributed by atoms with van der Waals surface area (Å²) in [5.74, 6) is 0.613. The highest BCUT2D eigenvalue weighted by Crippen LogP contribution is 2.62. The van der Waals surface area contributed by atoms with Gasteiger partial charge in [0.2, 0.25) is 0 Å². The Morgan fingerprint density at radius 2 is 1.96 bits per heavy atom. The monoisotopic (exact) mass is 342 g/mol. The third-order valence-electron chi connectivity index (χ3n) is 7.48. The van der Waals surface area contributed by atoms with Gasteiger partial charge in [-0.25, -0.2) is 0 Å². The fourth-order valence-corrected chi connectivity index (χ4v) is 6.04. The summed E-state index contributed by atoms with van der Waals surface area (Å²) < 4.78 is 5.33. The Morgan fingerprint density at radius 1 is 1.20 bits per heavy atom. The minimum atomic E-state index is -0.308. The van der Waals surface area contributed by atoms with Crippen molar-refractivity contribution < 1.29 is 19.1 Å². The first kappa shape index (κ1) is 16.7. The number of ketones is 2. The zero-order chi connectivity index (χ0) is 18.0. The van der Waals surface area contributed by atoms with Crippen LogP contribution in [0, 0.1) is 28.6 Å².